The summed E-state index contributed by atoms with van der Waals surface area (Å²) >= 11 is 0. The fraction of sp³-hybridized carbons (Fsp3) is 0.409. The SMILES string of the molecule is CCc1ccc(C(CCOC)C2NC(=O)c3ccccc32)cc1CC. The zero-order chi connectivity index (χ0) is 17.8. The molecule has 1 aliphatic heterocycles. The molecular formula is C22H27NO2. The zero-order valence-electron chi connectivity index (χ0n) is 15.3. The van der Waals surface area contributed by atoms with E-state index in [-0.39, 0.29) is 17.9 Å². The van der Waals surface area contributed by atoms with Crippen molar-refractivity contribution in [3.05, 3.63) is 70.3 Å². The van der Waals surface area contributed by atoms with Crippen LogP contribution in [0.25, 0.3) is 0 Å². The van der Waals surface area contributed by atoms with Crippen molar-refractivity contribution in [3.8, 4) is 0 Å². The lowest BCUT2D eigenvalue weighted by Gasteiger charge is -2.26. The summed E-state index contributed by atoms with van der Waals surface area (Å²) in [6.45, 7) is 5.08. The molecule has 25 heavy (non-hydrogen) atoms. The molecule has 0 aliphatic carbocycles. The quantitative estimate of drug-likeness (QED) is 0.812. The van der Waals surface area contributed by atoms with Crippen molar-refractivity contribution in [1.82, 2.24) is 5.32 Å². The minimum absolute atomic E-state index is 0.0102. The topological polar surface area (TPSA) is 38.3 Å². The third-order valence-electron chi connectivity index (χ3n) is 5.28. The lowest BCUT2D eigenvalue weighted by molar-refractivity contribution is 0.0948. The van der Waals surface area contributed by atoms with Crippen LogP contribution in [0.1, 0.15) is 64.8 Å². The molecule has 132 valence electrons. The van der Waals surface area contributed by atoms with Crippen LogP contribution in [0.15, 0.2) is 42.5 Å². The van der Waals surface area contributed by atoms with Crippen molar-refractivity contribution >= 4 is 5.91 Å². The van der Waals surface area contributed by atoms with Gasteiger partial charge in [0.05, 0.1) is 6.04 Å². The van der Waals surface area contributed by atoms with Crippen LogP contribution >= 0.6 is 0 Å². The summed E-state index contributed by atoms with van der Waals surface area (Å²) in [6.07, 6.45) is 2.96. The highest BCUT2D eigenvalue weighted by Gasteiger charge is 2.34. The number of methoxy groups -OCH3 is 1. The van der Waals surface area contributed by atoms with Crippen molar-refractivity contribution in [2.24, 2.45) is 0 Å². The van der Waals surface area contributed by atoms with Crippen LogP contribution in [0.5, 0.6) is 0 Å². The smallest absolute Gasteiger partial charge is 0.252 e. The first-order valence-electron chi connectivity index (χ1n) is 9.20. The summed E-state index contributed by atoms with van der Waals surface area (Å²) in [7, 11) is 1.73. The highest BCUT2D eigenvalue weighted by molar-refractivity contribution is 5.99. The maximum atomic E-state index is 12.4. The average Bonchev–Trinajstić information content (AvgIpc) is 2.99. The lowest BCUT2D eigenvalue weighted by atomic mass is 9.83. The number of fused-ring (bicyclic) bond motifs is 1. The van der Waals surface area contributed by atoms with E-state index in [0.717, 1.165) is 30.4 Å². The largest absolute Gasteiger partial charge is 0.385 e. The second kappa shape index (κ2) is 7.83. The molecule has 0 radical (unpaired) electrons. The van der Waals surface area contributed by atoms with Gasteiger partial charge in [0.2, 0.25) is 0 Å². The molecule has 1 amide bonds. The minimum atomic E-state index is 0.0102. The average molecular weight is 337 g/mol. The standard InChI is InChI=1S/C22H27NO2/c1-4-15-10-11-17(14-16(15)5-2)18(12-13-25-3)21-19-8-6-7-9-20(19)22(24)23-21/h6-11,14,18,21H,4-5,12-13H2,1-3H3,(H,23,24). The number of nitrogens with one attached hydrogen (secondary N) is 1. The molecule has 0 saturated carbocycles. The van der Waals surface area contributed by atoms with Gasteiger partial charge in [-0.2, -0.15) is 0 Å². The first kappa shape index (κ1) is 17.7. The van der Waals surface area contributed by atoms with Gasteiger partial charge >= 0.3 is 0 Å². The van der Waals surface area contributed by atoms with Crippen LogP contribution in [0.2, 0.25) is 0 Å². The van der Waals surface area contributed by atoms with Gasteiger partial charge in [-0.05, 0) is 47.6 Å². The van der Waals surface area contributed by atoms with E-state index in [0.29, 0.717) is 6.61 Å². The van der Waals surface area contributed by atoms with E-state index in [2.05, 4.69) is 43.4 Å². The molecule has 2 unspecified atom stereocenters. The molecule has 3 nitrogen and oxygen atoms in total. The predicted molar refractivity (Wildman–Crippen MR) is 101 cm³/mol. The molecule has 1 N–H and O–H groups in total. The Labute approximate surface area is 150 Å². The third-order valence-corrected chi connectivity index (χ3v) is 5.28. The van der Waals surface area contributed by atoms with Gasteiger partial charge in [0.25, 0.3) is 5.91 Å². The second-order valence-electron chi connectivity index (χ2n) is 6.66. The van der Waals surface area contributed by atoms with Gasteiger partial charge in [-0.15, -0.1) is 0 Å². The Hall–Kier alpha value is -2.13. The van der Waals surface area contributed by atoms with Crippen LogP contribution in [0.3, 0.4) is 0 Å². The van der Waals surface area contributed by atoms with E-state index >= 15 is 0 Å². The number of benzene rings is 2. The van der Waals surface area contributed by atoms with Crippen LogP contribution in [-0.2, 0) is 17.6 Å². The minimum Gasteiger partial charge on any atom is -0.385 e. The number of hydrogen-bond donors (Lipinski definition) is 1. The molecule has 0 aromatic heterocycles. The Morgan fingerprint density at radius 1 is 1.08 bits per heavy atom. The third kappa shape index (κ3) is 3.47. The van der Waals surface area contributed by atoms with Crippen LogP contribution < -0.4 is 5.32 Å². The Balaban J connectivity index is 2.00. The molecular weight excluding hydrogens is 310 g/mol. The first-order chi connectivity index (χ1) is 12.2. The normalized spacial score (nSPS) is 17.2. The number of amides is 1. The van der Waals surface area contributed by atoms with E-state index in [1.807, 2.05) is 18.2 Å². The molecule has 3 rings (SSSR count). The van der Waals surface area contributed by atoms with Crippen molar-refractivity contribution in [3.63, 3.8) is 0 Å². The van der Waals surface area contributed by atoms with E-state index < -0.39 is 0 Å². The molecule has 2 atom stereocenters. The first-order valence-corrected chi connectivity index (χ1v) is 9.20. The molecule has 3 heteroatoms. The molecule has 0 fully saturated rings. The van der Waals surface area contributed by atoms with E-state index in [1.54, 1.807) is 7.11 Å². The number of aryl methyl sites for hydroxylation is 2. The van der Waals surface area contributed by atoms with E-state index in [1.165, 1.54) is 16.7 Å². The molecule has 2 aromatic carbocycles. The fourth-order valence-corrected chi connectivity index (χ4v) is 3.91. The van der Waals surface area contributed by atoms with Gasteiger partial charge in [-0.25, -0.2) is 0 Å². The molecule has 0 saturated heterocycles. The Bertz CT molecular complexity index is 753. The monoisotopic (exact) mass is 337 g/mol. The molecule has 0 spiro atoms. The Morgan fingerprint density at radius 3 is 2.56 bits per heavy atom. The molecule has 1 heterocycles. The molecule has 1 aliphatic rings. The molecule has 0 bridgehead atoms. The number of rotatable bonds is 7. The van der Waals surface area contributed by atoms with E-state index in [9.17, 15) is 4.79 Å². The second-order valence-corrected chi connectivity index (χ2v) is 6.66. The summed E-state index contributed by atoms with van der Waals surface area (Å²) < 4.78 is 5.36. The van der Waals surface area contributed by atoms with Gasteiger partial charge in [0.1, 0.15) is 0 Å². The van der Waals surface area contributed by atoms with Crippen molar-refractivity contribution < 1.29 is 9.53 Å². The predicted octanol–water partition coefficient (Wildman–Crippen LogP) is 4.42. The van der Waals surface area contributed by atoms with Crippen LogP contribution in [-0.4, -0.2) is 19.6 Å². The number of carbonyl (C=O) groups excluding carboxylic acids is 1. The van der Waals surface area contributed by atoms with Gasteiger partial charge in [0, 0.05) is 25.2 Å². The summed E-state index contributed by atoms with van der Waals surface area (Å²) in [6, 6.07) is 14.7. The van der Waals surface area contributed by atoms with Crippen LogP contribution in [0.4, 0.5) is 0 Å². The summed E-state index contributed by atoms with van der Waals surface area (Å²) in [5, 5.41) is 3.20. The summed E-state index contributed by atoms with van der Waals surface area (Å²) in [4.78, 5) is 12.4. The zero-order valence-corrected chi connectivity index (χ0v) is 15.3. The van der Waals surface area contributed by atoms with Crippen molar-refractivity contribution in [1.29, 1.82) is 0 Å². The highest BCUT2D eigenvalue weighted by Crippen LogP contribution is 2.39. The van der Waals surface area contributed by atoms with Crippen molar-refractivity contribution in [2.45, 2.75) is 45.1 Å². The fourth-order valence-electron chi connectivity index (χ4n) is 3.91. The maximum Gasteiger partial charge on any atom is 0.252 e. The van der Waals surface area contributed by atoms with Gasteiger partial charge in [-0.3, -0.25) is 4.79 Å². The number of carbonyl (C=O) groups is 1. The molecule has 2 aromatic rings. The number of ether oxygens (including phenoxy) is 1. The summed E-state index contributed by atoms with van der Waals surface area (Å²) in [5.41, 5.74) is 6.00. The lowest BCUT2D eigenvalue weighted by Crippen LogP contribution is -2.25. The van der Waals surface area contributed by atoms with Gasteiger partial charge in [-0.1, -0.05) is 50.2 Å². The van der Waals surface area contributed by atoms with Crippen LogP contribution in [0, 0.1) is 0 Å². The Kier molecular flexibility index (Phi) is 5.54. The Morgan fingerprint density at radius 2 is 1.84 bits per heavy atom. The van der Waals surface area contributed by atoms with Gasteiger partial charge in [0.15, 0.2) is 0 Å². The maximum absolute atomic E-state index is 12.4. The van der Waals surface area contributed by atoms with E-state index in [4.69, 9.17) is 4.74 Å². The summed E-state index contributed by atoms with van der Waals surface area (Å²) in [5.74, 6) is 0.243. The van der Waals surface area contributed by atoms with Gasteiger partial charge < -0.3 is 10.1 Å². The highest BCUT2D eigenvalue weighted by atomic mass is 16.5. The number of hydrogen-bond acceptors (Lipinski definition) is 2. The van der Waals surface area contributed by atoms with Crippen molar-refractivity contribution in [2.75, 3.05) is 13.7 Å².